The Hall–Kier alpha value is -2.33. The number of likely N-dealkylation sites (tertiary alicyclic amines) is 1. The Morgan fingerprint density at radius 3 is 2.18 bits per heavy atom. The van der Waals surface area contributed by atoms with E-state index in [0.29, 0.717) is 52.2 Å². The average Bonchev–Trinajstić information content (AvgIpc) is 2.78. The summed E-state index contributed by atoms with van der Waals surface area (Å²) in [7, 11) is 0. The van der Waals surface area contributed by atoms with E-state index in [4.69, 9.17) is 9.47 Å². The van der Waals surface area contributed by atoms with Gasteiger partial charge in [-0.15, -0.1) is 0 Å². The van der Waals surface area contributed by atoms with Crippen molar-refractivity contribution in [1.29, 1.82) is 0 Å². The van der Waals surface area contributed by atoms with E-state index in [2.05, 4.69) is 10.2 Å². The number of rotatable bonds is 5. The van der Waals surface area contributed by atoms with Crippen molar-refractivity contribution in [2.24, 2.45) is 5.92 Å². The van der Waals surface area contributed by atoms with Gasteiger partial charge in [-0.05, 0) is 51.3 Å². The molecular weight excluding hydrogens is 451 g/mol. The molecule has 1 aromatic rings. The zero-order valence-corrected chi connectivity index (χ0v) is 20.0. The highest BCUT2D eigenvalue weighted by Gasteiger charge is 2.32. The van der Waals surface area contributed by atoms with Crippen LogP contribution in [0.5, 0.6) is 0 Å². The summed E-state index contributed by atoms with van der Waals surface area (Å²) in [6.45, 7) is 8.95. The van der Waals surface area contributed by atoms with E-state index < -0.39 is 17.3 Å². The summed E-state index contributed by atoms with van der Waals surface area (Å²) < 4.78 is 49.7. The van der Waals surface area contributed by atoms with Crippen LogP contribution in [0.25, 0.3) is 0 Å². The van der Waals surface area contributed by atoms with Gasteiger partial charge in [-0.1, -0.05) is 12.1 Å². The normalized spacial score (nSPS) is 19.5. The van der Waals surface area contributed by atoms with Gasteiger partial charge >= 0.3 is 12.3 Å². The first kappa shape index (κ1) is 26.3. The largest absolute Gasteiger partial charge is 0.444 e. The fourth-order valence-corrected chi connectivity index (χ4v) is 4.23. The van der Waals surface area contributed by atoms with Crippen LogP contribution in [0.2, 0.25) is 0 Å². The number of hydrogen-bond acceptors (Lipinski definition) is 5. The topological polar surface area (TPSA) is 71.1 Å². The fraction of sp³-hybridized carbons (Fsp3) is 0.667. The second kappa shape index (κ2) is 10.9. The smallest absolute Gasteiger partial charge is 0.416 e. The highest BCUT2D eigenvalue weighted by Crippen LogP contribution is 2.31. The van der Waals surface area contributed by atoms with Crippen molar-refractivity contribution < 1.29 is 32.2 Å². The van der Waals surface area contributed by atoms with Crippen LogP contribution in [-0.4, -0.2) is 73.3 Å². The van der Waals surface area contributed by atoms with Gasteiger partial charge in [0.25, 0.3) is 0 Å². The summed E-state index contributed by atoms with van der Waals surface area (Å²) in [6, 6.07) is 4.87. The van der Waals surface area contributed by atoms with Crippen LogP contribution < -0.4 is 5.32 Å². The van der Waals surface area contributed by atoms with Crippen molar-refractivity contribution in [1.82, 2.24) is 15.1 Å². The summed E-state index contributed by atoms with van der Waals surface area (Å²) in [6.07, 6.45) is -3.70. The average molecular weight is 486 g/mol. The summed E-state index contributed by atoms with van der Waals surface area (Å²) in [5, 5.41) is 3.00. The van der Waals surface area contributed by atoms with Crippen LogP contribution in [0.15, 0.2) is 24.3 Å². The van der Waals surface area contributed by atoms with Crippen molar-refractivity contribution in [3.8, 4) is 0 Å². The number of nitrogens with zero attached hydrogens (tertiary/aromatic N) is 2. The number of ether oxygens (including phenoxy) is 2. The second-order valence-corrected chi connectivity index (χ2v) is 9.77. The number of hydrogen-bond donors (Lipinski definition) is 1. The Morgan fingerprint density at radius 2 is 1.65 bits per heavy atom. The molecule has 0 radical (unpaired) electrons. The highest BCUT2D eigenvalue weighted by atomic mass is 19.4. The van der Waals surface area contributed by atoms with Gasteiger partial charge in [0.1, 0.15) is 5.60 Å². The molecule has 10 heteroatoms. The Labute approximate surface area is 198 Å². The summed E-state index contributed by atoms with van der Waals surface area (Å²) >= 11 is 0. The molecule has 0 aromatic heterocycles. The van der Waals surface area contributed by atoms with Crippen molar-refractivity contribution in [3.05, 3.63) is 35.4 Å². The molecule has 2 amide bonds. The quantitative estimate of drug-likeness (QED) is 0.686. The summed E-state index contributed by atoms with van der Waals surface area (Å²) in [5.74, 6) is -0.328. The van der Waals surface area contributed by atoms with E-state index in [1.165, 1.54) is 12.1 Å². The molecule has 1 unspecified atom stereocenters. The maximum Gasteiger partial charge on any atom is 0.416 e. The lowest BCUT2D eigenvalue weighted by Gasteiger charge is -2.36. The molecule has 0 saturated carbocycles. The molecule has 1 aromatic carbocycles. The molecule has 2 saturated heterocycles. The van der Waals surface area contributed by atoms with Gasteiger partial charge in [0, 0.05) is 38.6 Å². The first-order chi connectivity index (χ1) is 15.9. The standard InChI is InChI=1S/C24H34F3N3O4/c1-23(2,3)34-22(32)30-10-8-18(9-11-30)21(31)28-16-20(29-12-14-33-15-13-29)17-4-6-19(7-5-17)24(25,26)27/h4-7,18,20H,8-16H2,1-3H3,(H,28,31). The van der Waals surface area contributed by atoms with Crippen molar-refractivity contribution >= 4 is 12.0 Å². The van der Waals surface area contributed by atoms with Crippen molar-refractivity contribution in [3.63, 3.8) is 0 Å². The van der Waals surface area contributed by atoms with Gasteiger partial charge in [0.15, 0.2) is 0 Å². The molecule has 0 spiro atoms. The summed E-state index contributed by atoms with van der Waals surface area (Å²) in [5.41, 5.74) is -0.550. The lowest BCUT2D eigenvalue weighted by Crippen LogP contribution is -2.47. The van der Waals surface area contributed by atoms with Crippen LogP contribution >= 0.6 is 0 Å². The zero-order chi connectivity index (χ0) is 24.9. The Kier molecular flexibility index (Phi) is 8.46. The Bertz CT molecular complexity index is 825. The molecule has 2 aliphatic rings. The molecule has 1 atom stereocenters. The molecule has 1 N–H and O–H groups in total. The maximum atomic E-state index is 13.0. The lowest BCUT2D eigenvalue weighted by atomic mass is 9.95. The number of benzene rings is 1. The molecule has 2 aliphatic heterocycles. The molecule has 34 heavy (non-hydrogen) atoms. The number of morpholine rings is 1. The zero-order valence-electron chi connectivity index (χ0n) is 20.0. The first-order valence-corrected chi connectivity index (χ1v) is 11.7. The number of carbonyl (C=O) groups excluding carboxylic acids is 2. The molecule has 190 valence electrons. The maximum absolute atomic E-state index is 13.0. The molecule has 2 fully saturated rings. The van der Waals surface area contributed by atoms with E-state index in [9.17, 15) is 22.8 Å². The molecule has 3 rings (SSSR count). The van der Waals surface area contributed by atoms with Gasteiger partial charge in [-0.3, -0.25) is 9.69 Å². The van der Waals surface area contributed by atoms with Crippen LogP contribution in [0, 0.1) is 5.92 Å². The molecule has 2 heterocycles. The third kappa shape index (κ3) is 7.33. The predicted octanol–water partition coefficient (Wildman–Crippen LogP) is 3.84. The third-order valence-corrected chi connectivity index (χ3v) is 6.10. The van der Waals surface area contributed by atoms with Gasteiger partial charge in [-0.2, -0.15) is 13.2 Å². The monoisotopic (exact) mass is 485 g/mol. The third-order valence-electron chi connectivity index (χ3n) is 6.10. The number of carbonyl (C=O) groups is 2. The van der Waals surface area contributed by atoms with E-state index in [-0.39, 0.29) is 30.5 Å². The molecular formula is C24H34F3N3O4. The Balaban J connectivity index is 1.58. The van der Waals surface area contributed by atoms with Crippen molar-refractivity contribution in [2.75, 3.05) is 45.9 Å². The van der Waals surface area contributed by atoms with Crippen LogP contribution in [0.4, 0.5) is 18.0 Å². The van der Waals surface area contributed by atoms with E-state index in [1.807, 2.05) is 20.8 Å². The first-order valence-electron chi connectivity index (χ1n) is 11.7. The number of alkyl halides is 3. The van der Waals surface area contributed by atoms with Crippen LogP contribution in [-0.2, 0) is 20.4 Å². The Morgan fingerprint density at radius 1 is 1.06 bits per heavy atom. The number of piperidine rings is 1. The SMILES string of the molecule is CC(C)(C)OC(=O)N1CCC(C(=O)NCC(c2ccc(C(F)(F)F)cc2)N2CCOCC2)CC1. The molecule has 0 bridgehead atoms. The number of halogens is 3. The van der Waals surface area contributed by atoms with Gasteiger partial charge in [0.2, 0.25) is 5.91 Å². The lowest BCUT2D eigenvalue weighted by molar-refractivity contribution is -0.137. The van der Waals surface area contributed by atoms with E-state index in [1.54, 1.807) is 4.90 Å². The van der Waals surface area contributed by atoms with E-state index >= 15 is 0 Å². The van der Waals surface area contributed by atoms with Crippen molar-refractivity contribution in [2.45, 2.75) is 51.4 Å². The van der Waals surface area contributed by atoms with Gasteiger partial charge in [-0.25, -0.2) is 4.79 Å². The van der Waals surface area contributed by atoms with Crippen LogP contribution in [0.1, 0.15) is 50.8 Å². The van der Waals surface area contributed by atoms with Gasteiger partial charge in [0.05, 0.1) is 24.8 Å². The predicted molar refractivity (Wildman–Crippen MR) is 120 cm³/mol. The van der Waals surface area contributed by atoms with Crippen LogP contribution in [0.3, 0.4) is 0 Å². The van der Waals surface area contributed by atoms with Gasteiger partial charge < -0.3 is 19.7 Å². The second-order valence-electron chi connectivity index (χ2n) is 9.77. The minimum Gasteiger partial charge on any atom is -0.444 e. The highest BCUT2D eigenvalue weighted by molar-refractivity contribution is 5.79. The molecule has 7 nitrogen and oxygen atoms in total. The fourth-order valence-electron chi connectivity index (χ4n) is 4.23. The summed E-state index contributed by atoms with van der Waals surface area (Å²) in [4.78, 5) is 28.9. The number of nitrogens with one attached hydrogen (secondary N) is 1. The minimum atomic E-state index is -4.39. The number of amides is 2. The minimum absolute atomic E-state index is 0.103. The van der Waals surface area contributed by atoms with E-state index in [0.717, 1.165) is 17.7 Å². The molecule has 0 aliphatic carbocycles.